The van der Waals surface area contributed by atoms with Crippen LogP contribution in [0.25, 0.3) is 0 Å². The molecular weight excluding hydrogens is 352 g/mol. The second-order valence-electron chi connectivity index (χ2n) is 9.68. The first-order valence-electron chi connectivity index (χ1n) is 10.6. The zero-order valence-electron chi connectivity index (χ0n) is 17.8. The van der Waals surface area contributed by atoms with Crippen molar-refractivity contribution in [2.24, 2.45) is 22.7 Å². The Kier molecular flexibility index (Phi) is 5.62. The zero-order valence-corrected chi connectivity index (χ0v) is 17.8. The van der Waals surface area contributed by atoms with Gasteiger partial charge < -0.3 is 9.84 Å². The fraction of sp³-hybridized carbons (Fsp3) is 0.667. The lowest BCUT2D eigenvalue weighted by Crippen LogP contribution is -2.40. The molecule has 0 radical (unpaired) electrons. The Hall–Kier alpha value is -1.84. The molecule has 1 aromatic rings. The minimum Gasteiger partial charge on any atom is -0.481 e. The molecule has 2 fully saturated rings. The van der Waals surface area contributed by atoms with Crippen LogP contribution in [0.5, 0.6) is 0 Å². The summed E-state index contributed by atoms with van der Waals surface area (Å²) in [5.74, 6) is -1.83. The van der Waals surface area contributed by atoms with Gasteiger partial charge in [0.15, 0.2) is 5.92 Å². The Bertz CT molecular complexity index is 735. The van der Waals surface area contributed by atoms with Gasteiger partial charge >= 0.3 is 11.9 Å². The summed E-state index contributed by atoms with van der Waals surface area (Å²) in [6.07, 6.45) is 4.11. The number of carbonyl (C=O) groups excluding carboxylic acids is 1. The highest BCUT2D eigenvalue weighted by Crippen LogP contribution is 2.66. The van der Waals surface area contributed by atoms with Crippen molar-refractivity contribution >= 4 is 11.9 Å². The van der Waals surface area contributed by atoms with Crippen molar-refractivity contribution < 1.29 is 19.4 Å². The van der Waals surface area contributed by atoms with Gasteiger partial charge in [0.1, 0.15) is 6.10 Å². The normalized spacial score (nSPS) is 30.0. The van der Waals surface area contributed by atoms with Crippen LogP contribution >= 0.6 is 0 Å². The fourth-order valence-corrected chi connectivity index (χ4v) is 5.26. The molecule has 28 heavy (non-hydrogen) atoms. The number of rotatable bonds is 7. The maximum Gasteiger partial charge on any atom is 0.320 e. The first-order valence-corrected chi connectivity index (χ1v) is 10.6. The summed E-state index contributed by atoms with van der Waals surface area (Å²) >= 11 is 0. The summed E-state index contributed by atoms with van der Waals surface area (Å²) in [5.41, 5.74) is 2.16. The number of aliphatic carboxylic acids is 1. The number of carbonyl (C=O) groups is 2. The molecule has 0 aromatic heterocycles. The summed E-state index contributed by atoms with van der Waals surface area (Å²) in [7, 11) is 0. The third-order valence-electron chi connectivity index (χ3n) is 8.16. The highest BCUT2D eigenvalue weighted by atomic mass is 16.5. The first-order chi connectivity index (χ1) is 13.1. The van der Waals surface area contributed by atoms with Crippen LogP contribution in [0, 0.1) is 22.7 Å². The van der Waals surface area contributed by atoms with E-state index in [1.165, 1.54) is 12.0 Å². The van der Waals surface area contributed by atoms with Crippen molar-refractivity contribution in [2.75, 3.05) is 0 Å². The average molecular weight is 387 g/mol. The molecule has 0 spiro atoms. The quantitative estimate of drug-likeness (QED) is 0.517. The number of ether oxygens (including phenoxy) is 1. The van der Waals surface area contributed by atoms with Gasteiger partial charge in [-0.3, -0.25) is 9.59 Å². The Labute approximate surface area is 168 Å². The van der Waals surface area contributed by atoms with Crippen molar-refractivity contribution in [2.45, 2.75) is 78.7 Å². The van der Waals surface area contributed by atoms with Crippen molar-refractivity contribution in [1.29, 1.82) is 0 Å². The smallest absolute Gasteiger partial charge is 0.320 e. The lowest BCUT2D eigenvalue weighted by molar-refractivity contribution is -0.168. The van der Waals surface area contributed by atoms with Gasteiger partial charge in [-0.1, -0.05) is 58.9 Å². The molecule has 0 aliphatic heterocycles. The summed E-state index contributed by atoms with van der Waals surface area (Å²) in [4.78, 5) is 24.6. The topological polar surface area (TPSA) is 63.6 Å². The largest absolute Gasteiger partial charge is 0.481 e. The van der Waals surface area contributed by atoms with Crippen LogP contribution in [0.3, 0.4) is 0 Å². The molecule has 5 unspecified atom stereocenters. The van der Waals surface area contributed by atoms with Gasteiger partial charge in [-0.2, -0.15) is 0 Å². The van der Waals surface area contributed by atoms with E-state index < -0.39 is 17.9 Å². The molecule has 1 N–H and O–H groups in total. The van der Waals surface area contributed by atoms with Gasteiger partial charge in [-0.05, 0) is 60.5 Å². The molecule has 2 aliphatic carbocycles. The first kappa shape index (κ1) is 20.9. The highest BCUT2D eigenvalue weighted by Gasteiger charge is 2.63. The Morgan fingerprint density at radius 1 is 1.21 bits per heavy atom. The SMILES string of the molecule is CCC(C)c1ccc(CC(C(=O)O)C(=O)OC2CC3CCC2(C)C3(C)C)cc1. The van der Waals surface area contributed by atoms with E-state index >= 15 is 0 Å². The molecule has 0 amide bonds. The van der Waals surface area contributed by atoms with Crippen LogP contribution in [0.15, 0.2) is 24.3 Å². The summed E-state index contributed by atoms with van der Waals surface area (Å²) in [6, 6.07) is 7.94. The van der Waals surface area contributed by atoms with E-state index in [0.29, 0.717) is 11.8 Å². The van der Waals surface area contributed by atoms with E-state index in [1.54, 1.807) is 0 Å². The molecule has 1 aromatic carbocycles. The van der Waals surface area contributed by atoms with Gasteiger partial charge in [-0.25, -0.2) is 0 Å². The maximum absolute atomic E-state index is 12.8. The van der Waals surface area contributed by atoms with Crippen LogP contribution in [0.4, 0.5) is 0 Å². The number of carboxylic acid groups (broad SMARTS) is 1. The van der Waals surface area contributed by atoms with Gasteiger partial charge in [0.25, 0.3) is 0 Å². The number of fused-ring (bicyclic) bond motifs is 2. The van der Waals surface area contributed by atoms with E-state index in [9.17, 15) is 14.7 Å². The van der Waals surface area contributed by atoms with Crippen molar-refractivity contribution in [3.05, 3.63) is 35.4 Å². The monoisotopic (exact) mass is 386 g/mol. The molecule has 3 rings (SSSR count). The standard InChI is InChI=1S/C24H34O4/c1-6-15(2)17-9-7-16(8-10-17)13-19(21(25)26)22(27)28-20-14-18-11-12-24(20,5)23(18,3)4/h7-10,15,18-20H,6,11-14H2,1-5H3,(H,25,26). The minimum atomic E-state index is -1.15. The molecule has 5 atom stereocenters. The van der Waals surface area contributed by atoms with E-state index in [0.717, 1.165) is 24.8 Å². The van der Waals surface area contributed by atoms with Gasteiger partial charge in [-0.15, -0.1) is 0 Å². The van der Waals surface area contributed by atoms with E-state index in [2.05, 4.69) is 34.6 Å². The average Bonchev–Trinajstić information content (AvgIpc) is 2.99. The van der Waals surface area contributed by atoms with E-state index in [-0.39, 0.29) is 23.4 Å². The number of benzene rings is 1. The van der Waals surface area contributed by atoms with Crippen molar-refractivity contribution in [3.63, 3.8) is 0 Å². The second-order valence-corrected chi connectivity index (χ2v) is 9.68. The summed E-state index contributed by atoms with van der Waals surface area (Å²) in [6.45, 7) is 11.0. The highest BCUT2D eigenvalue weighted by molar-refractivity contribution is 5.94. The third kappa shape index (κ3) is 3.46. The Morgan fingerprint density at radius 2 is 1.86 bits per heavy atom. The number of esters is 1. The predicted molar refractivity (Wildman–Crippen MR) is 109 cm³/mol. The fourth-order valence-electron chi connectivity index (χ4n) is 5.26. The molecule has 2 saturated carbocycles. The van der Waals surface area contributed by atoms with Crippen molar-refractivity contribution in [1.82, 2.24) is 0 Å². The zero-order chi connectivity index (χ0) is 20.7. The Balaban J connectivity index is 1.69. The Morgan fingerprint density at radius 3 is 2.32 bits per heavy atom. The number of hydrogen-bond acceptors (Lipinski definition) is 3. The van der Waals surface area contributed by atoms with Crippen LogP contribution < -0.4 is 0 Å². The lowest BCUT2D eigenvalue weighted by Gasteiger charge is -2.38. The van der Waals surface area contributed by atoms with Gasteiger partial charge in [0.2, 0.25) is 0 Å². The lowest BCUT2D eigenvalue weighted by atomic mass is 9.70. The molecule has 2 aliphatic rings. The van der Waals surface area contributed by atoms with Gasteiger partial charge in [0.05, 0.1) is 0 Å². The third-order valence-corrected chi connectivity index (χ3v) is 8.16. The molecule has 2 bridgehead atoms. The molecule has 4 nitrogen and oxygen atoms in total. The molecule has 154 valence electrons. The summed E-state index contributed by atoms with van der Waals surface area (Å²) in [5, 5.41) is 9.66. The maximum atomic E-state index is 12.8. The predicted octanol–water partition coefficient (Wildman–Crippen LogP) is 5.20. The van der Waals surface area contributed by atoms with Gasteiger partial charge in [0, 0.05) is 5.41 Å². The molecular formula is C24H34O4. The molecule has 4 heteroatoms. The van der Waals surface area contributed by atoms with E-state index in [4.69, 9.17) is 4.74 Å². The van der Waals surface area contributed by atoms with Crippen molar-refractivity contribution in [3.8, 4) is 0 Å². The number of hydrogen-bond donors (Lipinski definition) is 1. The van der Waals surface area contributed by atoms with Crippen LogP contribution in [0.1, 0.15) is 77.3 Å². The van der Waals surface area contributed by atoms with Crippen LogP contribution in [-0.4, -0.2) is 23.1 Å². The molecule has 0 heterocycles. The number of carboxylic acids is 1. The second kappa shape index (κ2) is 7.53. The minimum absolute atomic E-state index is 0.0612. The molecule has 0 saturated heterocycles. The summed E-state index contributed by atoms with van der Waals surface area (Å²) < 4.78 is 5.84. The van der Waals surface area contributed by atoms with E-state index in [1.807, 2.05) is 24.3 Å². The van der Waals surface area contributed by atoms with Crippen LogP contribution in [-0.2, 0) is 20.7 Å². The van der Waals surface area contributed by atoms with Crippen LogP contribution in [0.2, 0.25) is 0 Å².